The zero-order valence-corrected chi connectivity index (χ0v) is 55.8. The highest BCUT2D eigenvalue weighted by atomic mass is 31.2. The van der Waals surface area contributed by atoms with E-state index in [1.165, 1.54) is 276 Å². The first-order valence-electron chi connectivity index (χ1n) is 36.1. The van der Waals surface area contributed by atoms with Crippen molar-refractivity contribution in [3.8, 4) is 0 Å². The predicted octanol–water partition coefficient (Wildman–Crippen LogP) is 23.6. The fraction of sp³-hybridized carbons (Fsp3) is 0.863. The second-order valence-electron chi connectivity index (χ2n) is 24.4. The summed E-state index contributed by atoms with van der Waals surface area (Å²) in [4.78, 5) is 35.4. The molecule has 0 aliphatic rings. The molecule has 0 aromatic carbocycles. The van der Waals surface area contributed by atoms with E-state index in [2.05, 4.69) is 62.5 Å². The Balaban J connectivity index is 3.80. The van der Waals surface area contributed by atoms with E-state index in [-0.39, 0.29) is 38.6 Å². The van der Waals surface area contributed by atoms with Crippen molar-refractivity contribution in [2.24, 2.45) is 5.73 Å². The number of phosphoric ester groups is 1. The number of nitrogens with two attached hydrogens (primary N) is 1. The number of carbonyl (C=O) groups excluding carboxylic acids is 2. The number of carbonyl (C=O) groups is 2. The van der Waals surface area contributed by atoms with Crippen molar-refractivity contribution in [1.82, 2.24) is 0 Å². The van der Waals surface area contributed by atoms with Gasteiger partial charge in [0.15, 0.2) is 6.10 Å². The average Bonchev–Trinajstić information content (AvgIpc) is 3.49. The van der Waals surface area contributed by atoms with Crippen LogP contribution in [0.3, 0.4) is 0 Å². The first kappa shape index (κ1) is 81.0. The summed E-state index contributed by atoms with van der Waals surface area (Å²) in [5.41, 5.74) is 5.41. The Morgan fingerprint density at radius 3 is 0.988 bits per heavy atom. The molecule has 0 radical (unpaired) electrons. The molecule has 0 aromatic heterocycles. The van der Waals surface area contributed by atoms with Gasteiger partial charge in [0.05, 0.1) is 13.2 Å². The Bertz CT molecular complexity index is 1500. The molecule has 2 atom stereocenters. The van der Waals surface area contributed by atoms with Gasteiger partial charge in [-0.2, -0.15) is 0 Å². The van der Waals surface area contributed by atoms with Gasteiger partial charge in [0.25, 0.3) is 0 Å². The topological polar surface area (TPSA) is 134 Å². The van der Waals surface area contributed by atoms with E-state index in [0.29, 0.717) is 6.42 Å². The molecular weight excluding hydrogens is 1050 g/mol. The van der Waals surface area contributed by atoms with Crippen molar-refractivity contribution < 1.29 is 37.6 Å². The van der Waals surface area contributed by atoms with Crippen LogP contribution >= 0.6 is 7.82 Å². The van der Waals surface area contributed by atoms with Crippen LogP contribution in [0, 0.1) is 0 Å². The van der Waals surface area contributed by atoms with Crippen molar-refractivity contribution in [2.75, 3.05) is 26.4 Å². The Morgan fingerprint density at radius 1 is 0.373 bits per heavy atom. The monoisotopic (exact) mass is 1190 g/mol. The van der Waals surface area contributed by atoms with Crippen molar-refractivity contribution in [2.45, 2.75) is 380 Å². The zero-order valence-electron chi connectivity index (χ0n) is 55.0. The largest absolute Gasteiger partial charge is 0.472 e. The minimum absolute atomic E-state index is 0.0551. The lowest BCUT2D eigenvalue weighted by atomic mass is 10.0. The molecule has 0 saturated heterocycles. The third kappa shape index (κ3) is 68.9. The summed E-state index contributed by atoms with van der Waals surface area (Å²) in [7, 11) is -4.39. The number of ether oxygens (including phenoxy) is 2. The molecule has 0 bridgehead atoms. The van der Waals surface area contributed by atoms with Crippen LogP contribution < -0.4 is 5.73 Å². The minimum atomic E-state index is -4.39. The van der Waals surface area contributed by atoms with Gasteiger partial charge >= 0.3 is 19.8 Å². The van der Waals surface area contributed by atoms with Gasteiger partial charge in [0, 0.05) is 19.4 Å². The van der Waals surface area contributed by atoms with Crippen LogP contribution in [0.5, 0.6) is 0 Å². The lowest BCUT2D eigenvalue weighted by molar-refractivity contribution is -0.161. The van der Waals surface area contributed by atoms with E-state index in [4.69, 9.17) is 24.3 Å². The lowest BCUT2D eigenvalue weighted by Crippen LogP contribution is -2.29. The van der Waals surface area contributed by atoms with Crippen molar-refractivity contribution in [3.63, 3.8) is 0 Å². The summed E-state index contributed by atoms with van der Waals surface area (Å²) in [5.74, 6) is -0.807. The van der Waals surface area contributed by atoms with Gasteiger partial charge in [-0.05, 0) is 51.4 Å². The SMILES string of the molecule is CC/C=C\C/C=C\C/C=C\C/C=C\CCCCCCCCCCCCCCCCCCC(=O)OC(COC(=O)CCCCCCCCCCCCCCCCCCCCCCCCCCCCCCCCCCC)COP(=O)(O)OCCN. The summed E-state index contributed by atoms with van der Waals surface area (Å²) >= 11 is 0. The van der Waals surface area contributed by atoms with Gasteiger partial charge in [-0.1, -0.05) is 358 Å². The molecule has 0 aliphatic carbocycles. The van der Waals surface area contributed by atoms with Crippen LogP contribution in [-0.4, -0.2) is 49.3 Å². The fourth-order valence-corrected chi connectivity index (χ4v) is 11.7. The molecule has 3 N–H and O–H groups in total. The van der Waals surface area contributed by atoms with Gasteiger partial charge in [0.1, 0.15) is 6.61 Å². The van der Waals surface area contributed by atoms with Gasteiger partial charge in [-0.15, -0.1) is 0 Å². The second-order valence-corrected chi connectivity index (χ2v) is 25.9. The van der Waals surface area contributed by atoms with Crippen LogP contribution in [0.2, 0.25) is 0 Å². The molecule has 0 spiro atoms. The highest BCUT2D eigenvalue weighted by Gasteiger charge is 2.26. The maximum absolute atomic E-state index is 12.8. The molecule has 2 unspecified atom stereocenters. The van der Waals surface area contributed by atoms with E-state index >= 15 is 0 Å². The highest BCUT2D eigenvalue weighted by molar-refractivity contribution is 7.47. The summed E-state index contributed by atoms with van der Waals surface area (Å²) in [5, 5.41) is 0. The normalized spacial score (nSPS) is 13.2. The molecule has 0 heterocycles. The molecule has 0 amide bonds. The first-order valence-corrected chi connectivity index (χ1v) is 37.6. The van der Waals surface area contributed by atoms with Crippen LogP contribution in [0.25, 0.3) is 0 Å². The predicted molar refractivity (Wildman–Crippen MR) is 358 cm³/mol. The van der Waals surface area contributed by atoms with Gasteiger partial charge in [-0.3, -0.25) is 18.6 Å². The summed E-state index contributed by atoms with van der Waals surface area (Å²) in [6.45, 7) is 3.71. The number of unbranched alkanes of at least 4 members (excludes halogenated alkanes) is 48. The Kier molecular flexibility index (Phi) is 67.4. The van der Waals surface area contributed by atoms with Gasteiger partial charge in [-0.25, -0.2) is 4.57 Å². The standard InChI is InChI=1S/C73H138NO8P/c1-3-5-7-9-11-13-15-17-19-21-23-25-27-29-31-33-34-35-36-38-39-41-43-45-47-49-51-53-55-57-59-61-63-65-72(75)79-69-71(70-81-83(77,78)80-68-67-74)82-73(76)66-64-62-60-58-56-54-52-50-48-46-44-42-40-37-32-30-28-26-24-22-20-18-16-14-12-10-8-6-4-2/h6,8,12,14,18,20,24,26,71H,3-5,7,9-11,13,15-17,19,21-23,25,27-70,74H2,1-2H3,(H,77,78)/b8-6-,14-12-,20-18-,26-24-. The smallest absolute Gasteiger partial charge is 0.462 e. The summed E-state index contributed by atoms with van der Waals surface area (Å²) in [6.07, 6.45) is 88.0. The van der Waals surface area contributed by atoms with Crippen molar-refractivity contribution in [3.05, 3.63) is 48.6 Å². The molecule has 83 heavy (non-hydrogen) atoms. The maximum atomic E-state index is 12.8. The van der Waals surface area contributed by atoms with E-state index in [9.17, 15) is 19.0 Å². The van der Waals surface area contributed by atoms with Crippen molar-refractivity contribution >= 4 is 19.8 Å². The van der Waals surface area contributed by atoms with Gasteiger partial charge < -0.3 is 20.1 Å². The van der Waals surface area contributed by atoms with Crippen LogP contribution in [0.4, 0.5) is 0 Å². The Morgan fingerprint density at radius 2 is 0.663 bits per heavy atom. The number of rotatable bonds is 69. The summed E-state index contributed by atoms with van der Waals surface area (Å²) < 4.78 is 33.2. The molecule has 9 nitrogen and oxygen atoms in total. The van der Waals surface area contributed by atoms with Crippen molar-refractivity contribution in [1.29, 1.82) is 0 Å². The molecule has 0 fully saturated rings. The van der Waals surface area contributed by atoms with E-state index in [1.807, 2.05) is 0 Å². The second kappa shape index (κ2) is 69.1. The molecule has 0 rings (SSSR count). The van der Waals surface area contributed by atoms with E-state index in [1.54, 1.807) is 0 Å². The average molecular weight is 1190 g/mol. The van der Waals surface area contributed by atoms with E-state index in [0.717, 1.165) is 64.2 Å². The number of esters is 2. The Hall–Kier alpha value is -2.03. The Labute approximate surface area is 515 Å². The maximum Gasteiger partial charge on any atom is 0.472 e. The number of allylic oxidation sites excluding steroid dienone is 8. The van der Waals surface area contributed by atoms with Gasteiger partial charge in [0.2, 0.25) is 0 Å². The number of phosphoric acid groups is 1. The molecule has 10 heteroatoms. The molecule has 0 aliphatic heterocycles. The number of hydrogen-bond donors (Lipinski definition) is 2. The molecule has 0 saturated carbocycles. The number of hydrogen-bond acceptors (Lipinski definition) is 8. The quantitative estimate of drug-likeness (QED) is 0.0264. The minimum Gasteiger partial charge on any atom is -0.462 e. The molecule has 0 aromatic rings. The molecule has 488 valence electrons. The summed E-state index contributed by atoms with van der Waals surface area (Å²) in [6, 6.07) is 0. The fourth-order valence-electron chi connectivity index (χ4n) is 10.9. The highest BCUT2D eigenvalue weighted by Crippen LogP contribution is 2.43. The third-order valence-corrected chi connectivity index (χ3v) is 17.2. The third-order valence-electron chi connectivity index (χ3n) is 16.2. The van der Waals surface area contributed by atoms with Crippen LogP contribution in [0.1, 0.15) is 373 Å². The van der Waals surface area contributed by atoms with Crippen LogP contribution in [-0.2, 0) is 32.7 Å². The van der Waals surface area contributed by atoms with Crippen LogP contribution in [0.15, 0.2) is 48.6 Å². The van der Waals surface area contributed by atoms with E-state index < -0.39 is 26.5 Å². The lowest BCUT2D eigenvalue weighted by Gasteiger charge is -2.19. The first-order chi connectivity index (χ1) is 40.8. The zero-order chi connectivity index (χ0) is 60.1. The molecular formula is C73H138NO8P.